The van der Waals surface area contributed by atoms with Crippen molar-refractivity contribution < 1.29 is 44.7 Å². The first-order chi connectivity index (χ1) is 27.7. The van der Waals surface area contributed by atoms with Gasteiger partial charge in [-0.05, 0) is 60.6 Å². The van der Waals surface area contributed by atoms with Gasteiger partial charge in [0.25, 0.3) is 12.3 Å². The maximum absolute atomic E-state index is 15.5. The molecule has 3 heterocycles. The van der Waals surface area contributed by atoms with Crippen molar-refractivity contribution in [2.75, 3.05) is 6.26 Å². The van der Waals surface area contributed by atoms with Crippen molar-refractivity contribution in [1.29, 1.82) is 5.26 Å². The van der Waals surface area contributed by atoms with Gasteiger partial charge in [0.2, 0.25) is 0 Å². The molecule has 0 saturated heterocycles. The number of Topliss-reactive ketones (excluding diaryl/α,β-unsaturated/α-hetero) is 1. The van der Waals surface area contributed by atoms with Gasteiger partial charge in [-0.25, -0.2) is 31.0 Å². The van der Waals surface area contributed by atoms with Gasteiger partial charge in [-0.2, -0.15) is 24.2 Å². The molecule has 8 rings (SSSR count). The number of sulfone groups is 1. The van der Waals surface area contributed by atoms with Crippen LogP contribution in [0, 0.1) is 46.6 Å². The van der Waals surface area contributed by atoms with Crippen LogP contribution in [0.25, 0.3) is 22.0 Å². The molecule has 2 fully saturated rings. The highest BCUT2D eigenvalue weighted by Gasteiger charge is 2.67. The number of alkyl halides is 4. The molecule has 0 bridgehead atoms. The second kappa shape index (κ2) is 14.5. The Balaban J connectivity index is 1.27. The largest absolute Gasteiger partial charge is 0.378 e. The van der Waals surface area contributed by atoms with Crippen molar-refractivity contribution in [2.45, 2.75) is 74.2 Å². The first kappa shape index (κ1) is 40.5. The minimum Gasteiger partial charge on any atom is -0.378 e. The van der Waals surface area contributed by atoms with E-state index in [1.165, 1.54) is 16.8 Å². The lowest BCUT2D eigenvalue weighted by Crippen LogP contribution is -2.41. The zero-order chi connectivity index (χ0) is 42.3. The van der Waals surface area contributed by atoms with Crippen LogP contribution in [0.1, 0.15) is 83.5 Å². The molecule has 0 unspecified atom stereocenters. The summed E-state index contributed by atoms with van der Waals surface area (Å²) in [6.07, 6.45) is -2.64. The third kappa shape index (κ3) is 7.60. The first-order valence-electron chi connectivity index (χ1n) is 18.5. The zero-order valence-corrected chi connectivity index (χ0v) is 32.9. The van der Waals surface area contributed by atoms with Crippen LogP contribution in [0.2, 0.25) is 5.02 Å². The van der Waals surface area contributed by atoms with Gasteiger partial charge < -0.3 is 5.11 Å². The van der Waals surface area contributed by atoms with Crippen molar-refractivity contribution >= 4 is 38.1 Å². The van der Waals surface area contributed by atoms with E-state index < -0.39 is 93.1 Å². The van der Waals surface area contributed by atoms with Crippen molar-refractivity contribution in [3.63, 3.8) is 0 Å². The van der Waals surface area contributed by atoms with Gasteiger partial charge in [-0.3, -0.25) is 14.2 Å². The smallest absolute Gasteiger partial charge is 0.293 e. The van der Waals surface area contributed by atoms with Crippen molar-refractivity contribution in [2.24, 2.45) is 18.9 Å². The van der Waals surface area contributed by atoms with Gasteiger partial charge in [-0.15, -0.1) is 0 Å². The monoisotopic (exact) mass is 854 g/mol. The van der Waals surface area contributed by atoms with Gasteiger partial charge in [0, 0.05) is 72.5 Å². The van der Waals surface area contributed by atoms with Crippen LogP contribution in [-0.4, -0.2) is 55.7 Å². The van der Waals surface area contributed by atoms with Crippen LogP contribution < -0.4 is 0 Å². The molecule has 0 radical (unpaired) electrons. The van der Waals surface area contributed by atoms with E-state index in [2.05, 4.69) is 28.1 Å². The Morgan fingerprint density at radius 2 is 1.76 bits per heavy atom. The number of nitriles is 1. The molecule has 3 aliphatic rings. The van der Waals surface area contributed by atoms with Crippen LogP contribution in [0.15, 0.2) is 42.5 Å². The number of halogens is 7. The number of nitrogens with zero attached hydrogens (tertiary/aromatic N) is 6. The van der Waals surface area contributed by atoms with E-state index in [-0.39, 0.29) is 64.8 Å². The van der Waals surface area contributed by atoms with E-state index >= 15 is 8.78 Å². The Labute approximate surface area is 338 Å². The summed E-state index contributed by atoms with van der Waals surface area (Å²) >= 11 is 6.64. The van der Waals surface area contributed by atoms with Gasteiger partial charge in [0.15, 0.2) is 15.6 Å². The van der Waals surface area contributed by atoms with E-state index in [4.69, 9.17) is 16.6 Å². The quantitative estimate of drug-likeness (QED) is 0.107. The number of rotatable bonds is 11. The number of carbonyl (C=O) groups excluding carboxylic acids is 1. The predicted octanol–water partition coefficient (Wildman–Crippen LogP) is 7.46. The number of hydrogen-bond acceptors (Lipinski definition) is 8. The summed E-state index contributed by atoms with van der Waals surface area (Å²) in [4.78, 5) is 18.9. The number of fused-ring (bicyclic) bond motifs is 4. The maximum Gasteiger partial charge on any atom is 0.293 e. The molecule has 5 aromatic rings. The van der Waals surface area contributed by atoms with E-state index in [1.54, 1.807) is 19.2 Å². The molecule has 59 heavy (non-hydrogen) atoms. The van der Waals surface area contributed by atoms with E-state index in [0.717, 1.165) is 18.4 Å². The lowest BCUT2D eigenvalue weighted by molar-refractivity contribution is -0.120. The van der Waals surface area contributed by atoms with Gasteiger partial charge in [0.05, 0.1) is 39.7 Å². The first-order valence-corrected chi connectivity index (χ1v) is 20.9. The topological polar surface area (TPSA) is 144 Å². The summed E-state index contributed by atoms with van der Waals surface area (Å²) in [7, 11) is -2.02. The molecular formula is C41H33ClF6N6O4S. The molecule has 306 valence electrons. The summed E-state index contributed by atoms with van der Waals surface area (Å²) in [5.41, 5.74) is -1.63. The zero-order valence-electron chi connectivity index (χ0n) is 31.3. The number of ketones is 1. The fourth-order valence-electron chi connectivity index (χ4n) is 8.60. The molecule has 1 N–H and O–H groups in total. The fourth-order valence-corrected chi connectivity index (χ4v) is 9.56. The molecule has 2 aromatic carbocycles. The summed E-state index contributed by atoms with van der Waals surface area (Å²) in [5, 5.41) is 28.8. The summed E-state index contributed by atoms with van der Waals surface area (Å²) in [6.45, 7) is -0.818. The van der Waals surface area contributed by atoms with Gasteiger partial charge in [-0.1, -0.05) is 23.6 Å². The van der Waals surface area contributed by atoms with E-state index in [0.29, 0.717) is 32.8 Å². The Morgan fingerprint density at radius 3 is 2.42 bits per heavy atom. The van der Waals surface area contributed by atoms with Gasteiger partial charge in [0.1, 0.15) is 40.9 Å². The van der Waals surface area contributed by atoms with Crippen LogP contribution in [0.4, 0.5) is 26.3 Å². The fraction of sp³-hybridized carbons (Fsp3) is 0.390. The van der Waals surface area contributed by atoms with Crippen LogP contribution in [-0.2, 0) is 46.3 Å². The van der Waals surface area contributed by atoms with E-state index in [1.807, 2.05) is 0 Å². The van der Waals surface area contributed by atoms with Crippen molar-refractivity contribution in [3.8, 4) is 29.0 Å². The van der Waals surface area contributed by atoms with Crippen molar-refractivity contribution in [1.82, 2.24) is 24.5 Å². The van der Waals surface area contributed by atoms with Gasteiger partial charge >= 0.3 is 0 Å². The minimum absolute atomic E-state index is 0.0278. The molecule has 3 aromatic heterocycles. The standard InChI is InChI=1S/C41H33ClF6N6O4S/c1-53-37-28(5-6-31(42)34(37)32(51-53)19-59(2,57)58)27-4-3-25(7-8-40(56)15-21(16-40)17-49)50-35(27)22(9-20-10-23(43)13-24(44)11-20)12-26(55)18-54-38-33(36(52-54)39(45)46)29-14-30(29)41(38,47)48/h3-6,10-11,13,21-22,29-30,39,56H,9,12,14-16,18-19H2,1-2H3/t21?,22-,29+,30-,40?/m1/s1. The van der Waals surface area contributed by atoms with Crippen LogP contribution in [0.5, 0.6) is 0 Å². The Kier molecular flexibility index (Phi) is 9.96. The molecule has 3 atom stereocenters. The molecule has 0 spiro atoms. The van der Waals surface area contributed by atoms with Crippen LogP contribution >= 0.6 is 11.6 Å². The highest BCUT2D eigenvalue weighted by Crippen LogP contribution is 2.68. The Bertz CT molecular complexity index is 2780. The summed E-state index contributed by atoms with van der Waals surface area (Å²) in [6, 6.07) is 11.1. The predicted molar refractivity (Wildman–Crippen MR) is 202 cm³/mol. The third-order valence-corrected chi connectivity index (χ3v) is 12.3. The van der Waals surface area contributed by atoms with E-state index in [9.17, 15) is 41.1 Å². The molecule has 0 aliphatic heterocycles. The average molecular weight is 855 g/mol. The SMILES string of the molecule is Cn1nc(CS(C)(=O)=O)c2c(Cl)ccc(-c3ccc(C#CC4(O)CC(C#N)C4)nc3[C@@H](CC(=O)Cn3nc(C(F)F)c4c3C(F)(F)[C@@H]3C[C@H]43)Cc3cc(F)cc(F)c3)c21. The molecule has 2 saturated carbocycles. The Morgan fingerprint density at radius 1 is 1.07 bits per heavy atom. The minimum atomic E-state index is -3.59. The molecular weight excluding hydrogens is 822 g/mol. The maximum atomic E-state index is 15.5. The summed E-state index contributed by atoms with van der Waals surface area (Å²) < 4.78 is 115. The summed E-state index contributed by atoms with van der Waals surface area (Å²) in [5.74, 6) is -4.34. The number of hydrogen-bond donors (Lipinski definition) is 1. The highest BCUT2D eigenvalue weighted by molar-refractivity contribution is 7.89. The number of benzene rings is 2. The number of aliphatic hydroxyl groups is 1. The number of aromatic nitrogens is 5. The van der Waals surface area contributed by atoms with Crippen LogP contribution in [0.3, 0.4) is 0 Å². The number of aryl methyl sites for hydroxylation is 1. The number of carbonyl (C=O) groups is 1. The second-order valence-electron chi connectivity index (χ2n) is 15.7. The third-order valence-electron chi connectivity index (χ3n) is 11.2. The molecule has 0 amide bonds. The normalized spacial score (nSPS) is 22.0. The highest BCUT2D eigenvalue weighted by atomic mass is 35.5. The second-order valence-corrected chi connectivity index (χ2v) is 18.3. The molecule has 10 nitrogen and oxygen atoms in total. The number of pyridine rings is 1. The Hall–Kier alpha value is -5.23. The average Bonchev–Trinajstić information content (AvgIpc) is 3.67. The lowest BCUT2D eigenvalue weighted by atomic mass is 9.72. The lowest BCUT2D eigenvalue weighted by Gasteiger charge is -2.35. The molecule has 18 heteroatoms. The molecule has 3 aliphatic carbocycles. The van der Waals surface area contributed by atoms with Crippen molar-refractivity contribution in [3.05, 3.63) is 98.7 Å².